The fraction of sp³-hybridized carbons (Fsp3) is 0.750. The highest BCUT2D eigenvalue weighted by atomic mass is 28.4. The lowest BCUT2D eigenvalue weighted by atomic mass is 10.0. The third-order valence-electron chi connectivity index (χ3n) is 9.42. The van der Waals surface area contributed by atoms with Crippen LogP contribution in [0.3, 0.4) is 0 Å². The van der Waals surface area contributed by atoms with Crippen LogP contribution in [0.2, 0.25) is 19.6 Å². The van der Waals surface area contributed by atoms with Crippen molar-refractivity contribution in [2.45, 2.75) is 64.2 Å². The Labute approximate surface area is 384 Å². The molecule has 3 rings (SSSR count). The molecule has 1 aromatic rings. The summed E-state index contributed by atoms with van der Waals surface area (Å²) < 4.78 is 66.3. The molecule has 1 atom stereocenters. The number of ether oxygens (including phenoxy) is 11. The number of anilines is 1. The molecule has 2 aliphatic heterocycles. The topological polar surface area (TPSA) is 223 Å². The van der Waals surface area contributed by atoms with E-state index in [0.29, 0.717) is 158 Å². The zero-order valence-corrected chi connectivity index (χ0v) is 39.7. The Balaban J connectivity index is 0.974. The van der Waals surface area contributed by atoms with Gasteiger partial charge in [0.25, 0.3) is 11.8 Å². The summed E-state index contributed by atoms with van der Waals surface area (Å²) in [4.78, 5) is 63.6. The summed E-state index contributed by atoms with van der Waals surface area (Å²) in [5, 5.41) is 4.91. The SMILES string of the molecule is C[Si](C)(C)OCCOCCOCCOCCOCCOCCOCCOCCOCCOCCOCCOCCCCCC(=O)Nc1cccc2c1C(=O)N(C1CCC(=O)NC1=O)C2=O. The number of carbonyl (C=O) groups is 5. The third kappa shape index (κ3) is 25.4. The number of amides is 5. The normalized spacial score (nSPS) is 15.2. The Hall–Kier alpha value is -3.29. The van der Waals surface area contributed by atoms with E-state index in [0.717, 1.165) is 17.7 Å². The van der Waals surface area contributed by atoms with Crippen LogP contribution in [0.1, 0.15) is 59.2 Å². The van der Waals surface area contributed by atoms with Crippen LogP contribution in [0, 0.1) is 0 Å². The highest BCUT2D eigenvalue weighted by Gasteiger charge is 2.45. The van der Waals surface area contributed by atoms with Gasteiger partial charge in [-0.3, -0.25) is 34.2 Å². The van der Waals surface area contributed by atoms with E-state index in [1.807, 2.05) is 0 Å². The second-order valence-corrected chi connectivity index (χ2v) is 20.2. The molecule has 20 nitrogen and oxygen atoms in total. The van der Waals surface area contributed by atoms with Gasteiger partial charge in [0.15, 0.2) is 8.32 Å². The van der Waals surface area contributed by atoms with Crippen LogP contribution in [0.15, 0.2) is 18.2 Å². The molecule has 0 radical (unpaired) electrons. The maximum absolute atomic E-state index is 13.2. The van der Waals surface area contributed by atoms with Crippen molar-refractivity contribution >= 4 is 43.5 Å². The molecule has 5 amide bonds. The summed E-state index contributed by atoms with van der Waals surface area (Å²) in [6.07, 6.45) is 2.44. The predicted molar refractivity (Wildman–Crippen MR) is 239 cm³/mol. The van der Waals surface area contributed by atoms with Crippen LogP contribution < -0.4 is 10.6 Å². The minimum atomic E-state index is -1.47. The maximum Gasteiger partial charge on any atom is 0.264 e. The van der Waals surface area contributed by atoms with Gasteiger partial charge in [0.1, 0.15) is 6.04 Å². The lowest BCUT2D eigenvalue weighted by molar-refractivity contribution is -0.136. The molecule has 1 fully saturated rings. The fourth-order valence-corrected chi connectivity index (χ4v) is 6.90. The average molecular weight is 944 g/mol. The van der Waals surface area contributed by atoms with E-state index >= 15 is 0 Å². The number of carbonyl (C=O) groups excluding carboxylic acids is 5. The Morgan fingerprint density at radius 2 is 0.985 bits per heavy atom. The van der Waals surface area contributed by atoms with E-state index < -0.39 is 38.0 Å². The van der Waals surface area contributed by atoms with E-state index in [1.54, 1.807) is 12.1 Å². The minimum absolute atomic E-state index is 0.0269. The average Bonchev–Trinajstić information content (AvgIpc) is 3.52. The lowest BCUT2D eigenvalue weighted by Gasteiger charge is -2.27. The van der Waals surface area contributed by atoms with Crippen molar-refractivity contribution in [3.05, 3.63) is 29.3 Å². The number of fused-ring (bicyclic) bond motifs is 1. The zero-order chi connectivity index (χ0) is 46.8. The standard InChI is InChI=1S/C44H73N3O17Si/c1-65(2,3)64-35-34-63-33-32-62-31-30-61-29-28-60-27-26-59-25-24-58-23-22-57-21-20-56-19-18-55-17-16-54-15-14-53-13-6-4-5-10-39(48)45-37-9-7-8-36-41(37)44(52)47(43(36)51)38-11-12-40(49)46-42(38)50/h7-9,38H,4-6,10-35H2,1-3H3,(H,45,48)(H,46,49,50). The van der Waals surface area contributed by atoms with E-state index in [4.69, 9.17) is 56.5 Å². The first-order chi connectivity index (χ1) is 31.6. The number of rotatable bonds is 42. The predicted octanol–water partition coefficient (Wildman–Crippen LogP) is 2.62. The number of piperidine rings is 1. The molecule has 1 unspecified atom stereocenters. The van der Waals surface area contributed by atoms with Crippen LogP contribution in [-0.4, -0.2) is 201 Å². The Morgan fingerprint density at radius 1 is 0.569 bits per heavy atom. The molecular formula is C44H73N3O17Si. The molecule has 0 aliphatic carbocycles. The zero-order valence-electron chi connectivity index (χ0n) is 38.7. The van der Waals surface area contributed by atoms with Gasteiger partial charge in [-0.25, -0.2) is 0 Å². The van der Waals surface area contributed by atoms with Gasteiger partial charge in [0, 0.05) is 19.4 Å². The van der Waals surface area contributed by atoms with Crippen molar-refractivity contribution in [1.82, 2.24) is 10.2 Å². The molecule has 0 saturated carbocycles. The summed E-state index contributed by atoms with van der Waals surface area (Å²) in [6.45, 7) is 17.9. The first-order valence-corrected chi connectivity index (χ1v) is 26.1. The van der Waals surface area contributed by atoms with E-state index in [-0.39, 0.29) is 42.0 Å². The highest BCUT2D eigenvalue weighted by Crippen LogP contribution is 2.32. The van der Waals surface area contributed by atoms with Gasteiger partial charge in [0.05, 0.1) is 162 Å². The van der Waals surface area contributed by atoms with Crippen LogP contribution in [0.25, 0.3) is 0 Å². The van der Waals surface area contributed by atoms with Gasteiger partial charge >= 0.3 is 0 Å². The summed E-state index contributed by atoms with van der Waals surface area (Å²) >= 11 is 0. The summed E-state index contributed by atoms with van der Waals surface area (Å²) in [7, 11) is -1.47. The highest BCUT2D eigenvalue weighted by molar-refractivity contribution is 6.69. The molecule has 2 aliphatic rings. The quantitative estimate of drug-likeness (QED) is 0.0546. The van der Waals surface area contributed by atoms with E-state index in [1.165, 1.54) is 6.07 Å². The number of hydrogen-bond donors (Lipinski definition) is 2. The van der Waals surface area contributed by atoms with Crippen molar-refractivity contribution in [3.8, 4) is 0 Å². The largest absolute Gasteiger partial charge is 0.415 e. The van der Waals surface area contributed by atoms with E-state index in [9.17, 15) is 24.0 Å². The smallest absolute Gasteiger partial charge is 0.264 e. The number of hydrogen-bond acceptors (Lipinski definition) is 17. The molecular weight excluding hydrogens is 871 g/mol. The number of unbranched alkanes of at least 4 members (excludes halogenated alkanes) is 2. The molecule has 2 heterocycles. The van der Waals surface area contributed by atoms with Gasteiger partial charge in [-0.2, -0.15) is 0 Å². The van der Waals surface area contributed by atoms with E-state index in [2.05, 4.69) is 30.3 Å². The molecule has 0 aromatic heterocycles. The monoisotopic (exact) mass is 943 g/mol. The Kier molecular flexibility index (Phi) is 30.1. The molecule has 21 heteroatoms. The summed E-state index contributed by atoms with van der Waals surface area (Å²) in [5.74, 6) is -2.72. The molecule has 1 saturated heterocycles. The summed E-state index contributed by atoms with van der Waals surface area (Å²) in [6, 6.07) is 3.53. The van der Waals surface area contributed by atoms with Crippen molar-refractivity contribution in [2.24, 2.45) is 0 Å². The number of nitrogens with one attached hydrogen (secondary N) is 2. The lowest BCUT2D eigenvalue weighted by Crippen LogP contribution is -2.54. The van der Waals surface area contributed by atoms with Crippen molar-refractivity contribution in [3.63, 3.8) is 0 Å². The van der Waals surface area contributed by atoms with Crippen LogP contribution in [0.5, 0.6) is 0 Å². The number of imide groups is 2. The van der Waals surface area contributed by atoms with Crippen LogP contribution in [-0.2, 0) is 70.9 Å². The third-order valence-corrected chi connectivity index (χ3v) is 10.5. The maximum atomic E-state index is 13.2. The molecule has 0 bridgehead atoms. The number of benzene rings is 1. The molecule has 0 spiro atoms. The van der Waals surface area contributed by atoms with Crippen molar-refractivity contribution in [1.29, 1.82) is 0 Å². The van der Waals surface area contributed by atoms with Crippen LogP contribution in [0.4, 0.5) is 5.69 Å². The first kappa shape index (κ1) is 56.0. The van der Waals surface area contributed by atoms with Gasteiger partial charge in [-0.05, 0) is 51.0 Å². The molecule has 370 valence electrons. The van der Waals surface area contributed by atoms with Gasteiger partial charge < -0.3 is 61.8 Å². The van der Waals surface area contributed by atoms with Gasteiger partial charge in [-0.1, -0.05) is 12.5 Å². The van der Waals surface area contributed by atoms with Gasteiger partial charge in [-0.15, -0.1) is 0 Å². The van der Waals surface area contributed by atoms with Gasteiger partial charge in [0.2, 0.25) is 17.7 Å². The fourth-order valence-electron chi connectivity index (χ4n) is 6.21. The first-order valence-electron chi connectivity index (χ1n) is 22.7. The second-order valence-electron chi connectivity index (χ2n) is 15.7. The van der Waals surface area contributed by atoms with Crippen molar-refractivity contribution in [2.75, 3.05) is 157 Å². The Bertz CT molecular complexity index is 1520. The summed E-state index contributed by atoms with van der Waals surface area (Å²) in [5.41, 5.74) is 0.379. The van der Waals surface area contributed by atoms with Crippen LogP contribution >= 0.6 is 0 Å². The Morgan fingerprint density at radius 3 is 1.40 bits per heavy atom. The minimum Gasteiger partial charge on any atom is -0.415 e. The van der Waals surface area contributed by atoms with Crippen molar-refractivity contribution < 1.29 is 80.5 Å². The second kappa shape index (κ2) is 34.9. The molecule has 65 heavy (non-hydrogen) atoms. The molecule has 1 aromatic carbocycles. The number of nitrogens with zero attached hydrogens (tertiary/aromatic N) is 1. The molecule has 2 N–H and O–H groups in total.